The van der Waals surface area contributed by atoms with Crippen molar-refractivity contribution < 1.29 is 4.79 Å². The molecule has 0 radical (unpaired) electrons. The Labute approximate surface area is 161 Å². The number of hydrogen-bond donors (Lipinski definition) is 2. The SMILES string of the molecule is CC(C)(C)C(=O)NC(=S)Nc1ccc2nn(-c3ccc(Cl)cc3)nc2c1. The average Bonchev–Trinajstić information content (AvgIpc) is 2.97. The molecular formula is C18H18ClN5OS. The molecule has 0 aliphatic carbocycles. The van der Waals surface area contributed by atoms with Crippen molar-refractivity contribution in [3.05, 3.63) is 47.5 Å². The van der Waals surface area contributed by atoms with E-state index in [1.54, 1.807) is 16.9 Å². The number of halogens is 1. The van der Waals surface area contributed by atoms with Crippen molar-refractivity contribution in [1.82, 2.24) is 20.3 Å². The van der Waals surface area contributed by atoms with Crippen LogP contribution in [0.3, 0.4) is 0 Å². The Morgan fingerprint density at radius 3 is 2.38 bits per heavy atom. The predicted octanol–water partition coefficient (Wildman–Crippen LogP) is 3.93. The van der Waals surface area contributed by atoms with Gasteiger partial charge in [0.1, 0.15) is 11.0 Å². The third-order valence-electron chi connectivity index (χ3n) is 3.60. The Balaban J connectivity index is 1.78. The molecule has 0 atom stereocenters. The van der Waals surface area contributed by atoms with Crippen molar-refractivity contribution in [2.45, 2.75) is 20.8 Å². The zero-order valence-electron chi connectivity index (χ0n) is 14.6. The van der Waals surface area contributed by atoms with Gasteiger partial charge in [-0.15, -0.1) is 10.2 Å². The van der Waals surface area contributed by atoms with Crippen LogP contribution < -0.4 is 10.6 Å². The number of anilines is 1. The zero-order chi connectivity index (χ0) is 18.9. The molecule has 0 saturated carbocycles. The van der Waals surface area contributed by atoms with Crippen LogP contribution in [-0.4, -0.2) is 26.0 Å². The average molecular weight is 388 g/mol. The first-order valence-electron chi connectivity index (χ1n) is 7.98. The fourth-order valence-corrected chi connectivity index (χ4v) is 2.47. The molecule has 0 spiro atoms. The first kappa shape index (κ1) is 18.3. The number of carbonyl (C=O) groups is 1. The van der Waals surface area contributed by atoms with Gasteiger partial charge in [0.15, 0.2) is 5.11 Å². The molecule has 0 bridgehead atoms. The number of nitrogens with one attached hydrogen (secondary N) is 2. The summed E-state index contributed by atoms with van der Waals surface area (Å²) in [5.74, 6) is -0.148. The maximum Gasteiger partial charge on any atom is 0.231 e. The molecule has 0 saturated heterocycles. The number of hydrogen-bond acceptors (Lipinski definition) is 4. The standard InChI is InChI=1S/C18H18ClN5OS/c1-18(2,3)16(25)21-17(26)20-12-6-9-14-15(10-12)23-24(22-14)13-7-4-11(19)5-8-13/h4-10H,1-3H3,(H2,20,21,25,26). The highest BCUT2D eigenvalue weighted by atomic mass is 35.5. The van der Waals surface area contributed by atoms with Gasteiger partial charge in [-0.05, 0) is 54.7 Å². The second-order valence-electron chi connectivity index (χ2n) is 6.83. The van der Waals surface area contributed by atoms with Crippen molar-refractivity contribution in [2.24, 2.45) is 5.41 Å². The van der Waals surface area contributed by atoms with E-state index in [9.17, 15) is 4.79 Å². The van der Waals surface area contributed by atoms with Gasteiger partial charge in [0.25, 0.3) is 0 Å². The van der Waals surface area contributed by atoms with E-state index in [2.05, 4.69) is 20.8 Å². The highest BCUT2D eigenvalue weighted by molar-refractivity contribution is 7.80. The lowest BCUT2D eigenvalue weighted by molar-refractivity contribution is -0.126. The lowest BCUT2D eigenvalue weighted by Gasteiger charge is -2.18. The summed E-state index contributed by atoms with van der Waals surface area (Å²) in [6.45, 7) is 5.48. The Bertz CT molecular complexity index is 975. The van der Waals surface area contributed by atoms with Gasteiger partial charge >= 0.3 is 0 Å². The Morgan fingerprint density at radius 1 is 1.08 bits per heavy atom. The maximum absolute atomic E-state index is 12.0. The number of amides is 1. The van der Waals surface area contributed by atoms with E-state index < -0.39 is 5.41 Å². The van der Waals surface area contributed by atoms with Crippen LogP contribution in [0, 0.1) is 5.41 Å². The largest absolute Gasteiger partial charge is 0.332 e. The topological polar surface area (TPSA) is 71.8 Å². The molecule has 1 amide bonds. The normalized spacial score (nSPS) is 11.4. The highest BCUT2D eigenvalue weighted by Gasteiger charge is 2.22. The monoisotopic (exact) mass is 387 g/mol. The van der Waals surface area contributed by atoms with Gasteiger partial charge in [0.2, 0.25) is 5.91 Å². The first-order valence-corrected chi connectivity index (χ1v) is 8.76. The highest BCUT2D eigenvalue weighted by Crippen LogP contribution is 2.19. The predicted molar refractivity (Wildman–Crippen MR) is 108 cm³/mol. The Kier molecular flexibility index (Phi) is 4.93. The van der Waals surface area contributed by atoms with Crippen molar-refractivity contribution in [1.29, 1.82) is 0 Å². The Morgan fingerprint density at radius 2 is 1.73 bits per heavy atom. The first-order chi connectivity index (χ1) is 12.2. The van der Waals surface area contributed by atoms with Crippen molar-refractivity contribution >= 4 is 51.6 Å². The van der Waals surface area contributed by atoms with Crippen LogP contribution in [0.25, 0.3) is 16.7 Å². The number of aromatic nitrogens is 3. The van der Waals surface area contributed by atoms with E-state index in [4.69, 9.17) is 23.8 Å². The second-order valence-corrected chi connectivity index (χ2v) is 7.67. The third kappa shape index (κ3) is 4.17. The minimum absolute atomic E-state index is 0.148. The third-order valence-corrected chi connectivity index (χ3v) is 4.06. The van der Waals surface area contributed by atoms with E-state index in [1.165, 1.54) is 0 Å². The summed E-state index contributed by atoms with van der Waals surface area (Å²) in [6.07, 6.45) is 0. The molecule has 0 fully saturated rings. The number of fused-ring (bicyclic) bond motifs is 1. The van der Waals surface area contributed by atoms with Gasteiger partial charge in [-0.3, -0.25) is 4.79 Å². The van der Waals surface area contributed by atoms with Crippen LogP contribution in [0.5, 0.6) is 0 Å². The van der Waals surface area contributed by atoms with Crippen LogP contribution in [0.4, 0.5) is 5.69 Å². The second kappa shape index (κ2) is 7.01. The molecule has 6 nitrogen and oxygen atoms in total. The molecule has 3 aromatic rings. The summed E-state index contributed by atoms with van der Waals surface area (Å²) in [7, 11) is 0. The van der Waals surface area contributed by atoms with E-state index in [0.29, 0.717) is 10.5 Å². The maximum atomic E-state index is 12.0. The van der Waals surface area contributed by atoms with Gasteiger partial charge in [-0.25, -0.2) is 0 Å². The fourth-order valence-electron chi connectivity index (χ4n) is 2.14. The molecule has 134 valence electrons. The molecule has 1 heterocycles. The number of rotatable bonds is 2. The molecule has 1 aromatic heterocycles. The number of thiocarbonyl (C=S) groups is 1. The van der Waals surface area contributed by atoms with Gasteiger partial charge in [-0.1, -0.05) is 32.4 Å². The van der Waals surface area contributed by atoms with Crippen LogP contribution in [0.15, 0.2) is 42.5 Å². The van der Waals surface area contributed by atoms with Crippen LogP contribution in [0.2, 0.25) is 5.02 Å². The summed E-state index contributed by atoms with van der Waals surface area (Å²) in [6, 6.07) is 12.8. The van der Waals surface area contributed by atoms with Crippen LogP contribution in [-0.2, 0) is 4.79 Å². The van der Waals surface area contributed by atoms with Crippen LogP contribution >= 0.6 is 23.8 Å². The van der Waals surface area contributed by atoms with Crippen molar-refractivity contribution in [2.75, 3.05) is 5.32 Å². The summed E-state index contributed by atoms with van der Waals surface area (Å²) < 4.78 is 0. The summed E-state index contributed by atoms with van der Waals surface area (Å²) >= 11 is 11.1. The molecular weight excluding hydrogens is 370 g/mol. The van der Waals surface area contributed by atoms with E-state index in [-0.39, 0.29) is 11.0 Å². The van der Waals surface area contributed by atoms with E-state index >= 15 is 0 Å². The fraction of sp³-hybridized carbons (Fsp3) is 0.222. The molecule has 2 N–H and O–H groups in total. The zero-order valence-corrected chi connectivity index (χ0v) is 16.1. The molecule has 0 unspecified atom stereocenters. The Hall–Kier alpha value is -2.51. The number of carbonyl (C=O) groups excluding carboxylic acids is 1. The van der Waals surface area contributed by atoms with Gasteiger partial charge in [0, 0.05) is 16.1 Å². The summed E-state index contributed by atoms with van der Waals surface area (Å²) in [5, 5.41) is 15.5. The van der Waals surface area contributed by atoms with E-state index in [1.807, 2.05) is 51.1 Å². The van der Waals surface area contributed by atoms with Gasteiger partial charge in [-0.2, -0.15) is 4.80 Å². The lowest BCUT2D eigenvalue weighted by Crippen LogP contribution is -2.41. The smallest absolute Gasteiger partial charge is 0.231 e. The summed E-state index contributed by atoms with van der Waals surface area (Å²) in [4.78, 5) is 13.5. The number of benzene rings is 2. The van der Waals surface area contributed by atoms with Gasteiger partial charge in [0.05, 0.1) is 5.69 Å². The molecule has 2 aromatic carbocycles. The lowest BCUT2D eigenvalue weighted by atomic mass is 9.96. The number of nitrogens with zero attached hydrogens (tertiary/aromatic N) is 3. The van der Waals surface area contributed by atoms with Gasteiger partial charge < -0.3 is 10.6 Å². The van der Waals surface area contributed by atoms with E-state index in [0.717, 1.165) is 16.9 Å². The minimum Gasteiger partial charge on any atom is -0.332 e. The van der Waals surface area contributed by atoms with Crippen LogP contribution in [0.1, 0.15) is 20.8 Å². The quantitative estimate of drug-likeness (QED) is 0.652. The minimum atomic E-state index is -0.517. The molecule has 26 heavy (non-hydrogen) atoms. The molecule has 8 heteroatoms. The van der Waals surface area contributed by atoms with Crippen molar-refractivity contribution in [3.63, 3.8) is 0 Å². The molecule has 0 aliphatic heterocycles. The van der Waals surface area contributed by atoms with Crippen molar-refractivity contribution in [3.8, 4) is 5.69 Å². The molecule has 0 aliphatic rings. The molecule has 3 rings (SSSR count). The summed E-state index contributed by atoms with van der Waals surface area (Å²) in [5.41, 5.74) is 2.47.